The van der Waals surface area contributed by atoms with Gasteiger partial charge in [-0.1, -0.05) is 35.9 Å². The molecule has 2 aromatic carbocycles. The molecule has 0 aliphatic carbocycles. The van der Waals surface area contributed by atoms with E-state index in [-0.39, 0.29) is 0 Å². The molecule has 0 unspecified atom stereocenters. The Morgan fingerprint density at radius 2 is 1.90 bits per heavy atom. The molecule has 102 valence electrons. The highest BCUT2D eigenvalue weighted by Crippen LogP contribution is 2.27. The number of aryl methyl sites for hydroxylation is 1. The van der Waals surface area contributed by atoms with Crippen LogP contribution in [0.1, 0.15) is 5.56 Å². The molecule has 0 fully saturated rings. The highest BCUT2D eigenvalue weighted by molar-refractivity contribution is 7.71. The Kier molecular flexibility index (Phi) is 2.62. The number of nitrogens with one attached hydrogen (secondary N) is 1. The molecule has 2 aliphatic heterocycles. The van der Waals surface area contributed by atoms with Crippen LogP contribution in [-0.2, 0) is 0 Å². The van der Waals surface area contributed by atoms with E-state index in [1.165, 1.54) is 5.56 Å². The fourth-order valence-corrected chi connectivity index (χ4v) is 2.58. The van der Waals surface area contributed by atoms with Gasteiger partial charge in [-0.3, -0.25) is 0 Å². The molecule has 5 heteroatoms. The number of rotatable bonds is 1. The molecule has 0 bridgehead atoms. The number of hydrogen-bond donors (Lipinski definition) is 1. The first kappa shape index (κ1) is 12.2. The zero-order valence-electron chi connectivity index (χ0n) is 11.3. The van der Waals surface area contributed by atoms with Crippen molar-refractivity contribution in [2.75, 3.05) is 0 Å². The monoisotopic (exact) mass is 293 g/mol. The van der Waals surface area contributed by atoms with E-state index in [1.807, 2.05) is 18.2 Å². The molecule has 0 radical (unpaired) electrons. The van der Waals surface area contributed by atoms with Crippen LogP contribution in [0.25, 0.3) is 33.9 Å². The molecule has 4 rings (SSSR count). The smallest absolute Gasteiger partial charge is 0.266 e. The third-order valence-electron chi connectivity index (χ3n) is 3.40. The first-order valence-electron chi connectivity index (χ1n) is 6.57. The quantitative estimate of drug-likeness (QED) is 0.530. The average Bonchev–Trinajstić information content (AvgIpc) is 2.83. The van der Waals surface area contributed by atoms with Crippen LogP contribution in [0.5, 0.6) is 0 Å². The number of fused-ring (bicyclic) bond motifs is 2. The SMILES string of the molecule is Cc1cccc(-c2ccc3[nH]c4nc(=S)nc-4oc3c2)c1. The van der Waals surface area contributed by atoms with Crippen LogP contribution in [0.15, 0.2) is 46.9 Å². The molecule has 2 aromatic rings. The van der Waals surface area contributed by atoms with Crippen LogP contribution < -0.4 is 0 Å². The number of hydrogen-bond acceptors (Lipinski definition) is 4. The largest absolute Gasteiger partial charge is 0.434 e. The minimum absolute atomic E-state index is 0.291. The first-order valence-corrected chi connectivity index (χ1v) is 6.97. The molecule has 0 saturated carbocycles. The Morgan fingerprint density at radius 3 is 2.76 bits per heavy atom. The van der Waals surface area contributed by atoms with Gasteiger partial charge in [-0.05, 0) is 42.4 Å². The van der Waals surface area contributed by atoms with Gasteiger partial charge < -0.3 is 9.40 Å². The van der Waals surface area contributed by atoms with Gasteiger partial charge in [-0.2, -0.15) is 9.97 Å². The summed E-state index contributed by atoms with van der Waals surface area (Å²) in [6.07, 6.45) is 0. The van der Waals surface area contributed by atoms with Gasteiger partial charge in [-0.25, -0.2) is 0 Å². The summed E-state index contributed by atoms with van der Waals surface area (Å²) < 4.78 is 6.08. The Bertz CT molecular complexity index is 986. The fourth-order valence-electron chi connectivity index (χ4n) is 2.41. The summed E-state index contributed by atoms with van der Waals surface area (Å²) in [7, 11) is 0. The Balaban J connectivity index is 1.95. The van der Waals surface area contributed by atoms with Gasteiger partial charge in [0.15, 0.2) is 11.4 Å². The Labute approximate surface area is 125 Å². The summed E-state index contributed by atoms with van der Waals surface area (Å²) >= 11 is 4.97. The molecular weight excluding hydrogens is 282 g/mol. The van der Waals surface area contributed by atoms with Gasteiger partial charge in [0.25, 0.3) is 5.89 Å². The van der Waals surface area contributed by atoms with Gasteiger partial charge in [0.1, 0.15) is 0 Å². The predicted molar refractivity (Wildman–Crippen MR) is 83.8 cm³/mol. The van der Waals surface area contributed by atoms with Crippen LogP contribution in [0.4, 0.5) is 0 Å². The van der Waals surface area contributed by atoms with Gasteiger partial charge in [0.2, 0.25) is 4.77 Å². The van der Waals surface area contributed by atoms with Crippen LogP contribution in [0.2, 0.25) is 0 Å². The zero-order chi connectivity index (χ0) is 14.4. The maximum Gasteiger partial charge on any atom is 0.266 e. The van der Waals surface area contributed by atoms with Crippen molar-refractivity contribution >= 4 is 23.3 Å². The lowest BCUT2D eigenvalue weighted by Gasteiger charge is -2.06. The standard InChI is InChI=1S/C16H11N3OS/c1-9-3-2-4-10(7-9)11-5-6-12-13(8-11)20-15-14(17-12)18-16(21)19-15/h2-8H,1H3,(H,17,18,21). The van der Waals surface area contributed by atoms with E-state index in [4.69, 9.17) is 16.6 Å². The normalized spacial score (nSPS) is 11.3. The van der Waals surface area contributed by atoms with E-state index in [2.05, 4.69) is 46.1 Å². The highest BCUT2D eigenvalue weighted by atomic mass is 32.1. The average molecular weight is 293 g/mol. The third-order valence-corrected chi connectivity index (χ3v) is 3.58. The van der Waals surface area contributed by atoms with Crippen LogP contribution in [0.3, 0.4) is 0 Å². The highest BCUT2D eigenvalue weighted by Gasteiger charge is 2.12. The third kappa shape index (κ3) is 2.11. The maximum atomic E-state index is 5.79. The van der Waals surface area contributed by atoms with E-state index < -0.39 is 0 Å². The molecule has 0 atom stereocenters. The summed E-state index contributed by atoms with van der Waals surface area (Å²) in [4.78, 5) is 11.4. The van der Waals surface area contributed by atoms with Crippen LogP contribution in [-0.4, -0.2) is 15.0 Å². The van der Waals surface area contributed by atoms with Crippen molar-refractivity contribution in [3.8, 4) is 22.8 Å². The van der Waals surface area contributed by atoms with Crippen molar-refractivity contribution in [3.05, 3.63) is 52.8 Å². The van der Waals surface area contributed by atoms with Gasteiger partial charge in [0, 0.05) is 0 Å². The zero-order valence-corrected chi connectivity index (χ0v) is 12.1. The maximum absolute atomic E-state index is 5.79. The number of aromatic nitrogens is 3. The minimum Gasteiger partial charge on any atom is -0.434 e. The lowest BCUT2D eigenvalue weighted by Crippen LogP contribution is -1.88. The van der Waals surface area contributed by atoms with E-state index in [0.717, 1.165) is 22.2 Å². The second-order valence-corrected chi connectivity index (χ2v) is 5.33. The second-order valence-electron chi connectivity index (χ2n) is 4.97. The summed E-state index contributed by atoms with van der Waals surface area (Å²) in [5.41, 5.74) is 5.08. The van der Waals surface area contributed by atoms with Crippen molar-refractivity contribution in [2.45, 2.75) is 6.92 Å². The lowest BCUT2D eigenvalue weighted by atomic mass is 10.0. The van der Waals surface area contributed by atoms with Crippen molar-refractivity contribution in [3.63, 3.8) is 0 Å². The number of aromatic amines is 1. The molecule has 0 aromatic heterocycles. The topological polar surface area (TPSA) is 54.7 Å². The molecule has 4 nitrogen and oxygen atoms in total. The van der Waals surface area contributed by atoms with Crippen LogP contribution in [0, 0.1) is 11.7 Å². The van der Waals surface area contributed by atoms with E-state index in [9.17, 15) is 0 Å². The first-order chi connectivity index (χ1) is 10.2. The predicted octanol–water partition coefficient (Wildman–Crippen LogP) is 4.36. The van der Waals surface area contributed by atoms with Gasteiger partial charge in [0.05, 0.1) is 5.52 Å². The fraction of sp³-hybridized carbons (Fsp3) is 0.0625. The molecule has 0 amide bonds. The van der Waals surface area contributed by atoms with Gasteiger partial charge in [-0.15, -0.1) is 0 Å². The molecule has 0 saturated heterocycles. The van der Waals surface area contributed by atoms with Crippen molar-refractivity contribution in [1.29, 1.82) is 0 Å². The van der Waals surface area contributed by atoms with Crippen molar-refractivity contribution in [2.24, 2.45) is 0 Å². The van der Waals surface area contributed by atoms with Crippen molar-refractivity contribution < 1.29 is 4.42 Å². The lowest BCUT2D eigenvalue weighted by molar-refractivity contribution is 0.596. The number of benzene rings is 2. The van der Waals surface area contributed by atoms with E-state index in [0.29, 0.717) is 16.5 Å². The van der Waals surface area contributed by atoms with E-state index in [1.54, 1.807) is 0 Å². The van der Waals surface area contributed by atoms with Gasteiger partial charge >= 0.3 is 0 Å². The second kappa shape index (κ2) is 4.49. The van der Waals surface area contributed by atoms with Crippen molar-refractivity contribution in [1.82, 2.24) is 15.0 Å². The number of H-pyrrole nitrogens is 1. The summed E-state index contributed by atoms with van der Waals surface area (Å²) in [5, 5.41) is 0. The summed E-state index contributed by atoms with van der Waals surface area (Å²) in [5.74, 6) is 1.02. The Hall–Kier alpha value is -2.53. The molecular formula is C16H11N3OS. The molecule has 21 heavy (non-hydrogen) atoms. The molecule has 1 N–H and O–H groups in total. The number of nitrogens with zero attached hydrogens (tertiary/aromatic N) is 2. The molecule has 0 spiro atoms. The van der Waals surface area contributed by atoms with Crippen LogP contribution >= 0.6 is 12.2 Å². The minimum atomic E-state index is 0.291. The van der Waals surface area contributed by atoms with E-state index >= 15 is 0 Å². The summed E-state index contributed by atoms with van der Waals surface area (Å²) in [6.45, 7) is 2.08. The number of imidazole rings is 1. The molecule has 2 aliphatic rings. The molecule has 2 heterocycles. The Morgan fingerprint density at radius 1 is 1.05 bits per heavy atom. The summed E-state index contributed by atoms with van der Waals surface area (Å²) in [6, 6.07) is 14.4.